The number of nitriles is 1. The highest BCUT2D eigenvalue weighted by atomic mass is 16.5. The van der Waals surface area contributed by atoms with E-state index in [0.717, 1.165) is 11.1 Å². The summed E-state index contributed by atoms with van der Waals surface area (Å²) in [7, 11) is 0. The Morgan fingerprint density at radius 2 is 1.83 bits per heavy atom. The van der Waals surface area contributed by atoms with Crippen LogP contribution in [0.1, 0.15) is 18.4 Å². The fraction of sp³-hybridized carbons (Fsp3) is 0.238. The van der Waals surface area contributed by atoms with Crippen LogP contribution in [0.5, 0.6) is 5.75 Å². The Bertz CT molecular complexity index is 948. The number of benzene rings is 2. The van der Waals surface area contributed by atoms with E-state index in [9.17, 15) is 9.59 Å². The third-order valence-corrected chi connectivity index (χ3v) is 4.70. The Kier molecular flexibility index (Phi) is 6.09. The van der Waals surface area contributed by atoms with Gasteiger partial charge in [-0.05, 0) is 29.7 Å². The molecular formula is C21H20N4O4. The highest BCUT2D eigenvalue weighted by Crippen LogP contribution is 2.24. The molecule has 4 N–H and O–H groups in total. The average Bonchev–Trinajstić information content (AvgIpc) is 3.06. The Morgan fingerprint density at radius 3 is 2.41 bits per heavy atom. The van der Waals surface area contributed by atoms with Crippen LogP contribution in [0.4, 0.5) is 0 Å². The number of carbonyl (C=O) groups is 2. The third-order valence-electron chi connectivity index (χ3n) is 4.70. The molecule has 1 fully saturated rings. The normalized spacial score (nSPS) is 17.8. The molecule has 2 aromatic rings. The monoisotopic (exact) mass is 392 g/mol. The van der Waals surface area contributed by atoms with E-state index in [2.05, 4.69) is 10.6 Å². The molecule has 0 spiro atoms. The van der Waals surface area contributed by atoms with Crippen molar-refractivity contribution in [1.29, 1.82) is 10.7 Å². The molecule has 2 atom stereocenters. The van der Waals surface area contributed by atoms with Crippen molar-refractivity contribution in [1.82, 2.24) is 10.6 Å². The maximum Gasteiger partial charge on any atom is 0.304 e. The molecule has 1 aliphatic heterocycles. The number of nitrogens with one attached hydrogen (secondary N) is 3. The van der Waals surface area contributed by atoms with Crippen LogP contribution in [0, 0.1) is 22.8 Å². The van der Waals surface area contributed by atoms with Gasteiger partial charge in [-0.1, -0.05) is 36.4 Å². The van der Waals surface area contributed by atoms with Gasteiger partial charge in [0.25, 0.3) is 0 Å². The number of carboxylic acids is 1. The second-order valence-corrected chi connectivity index (χ2v) is 6.76. The Labute approximate surface area is 167 Å². The minimum Gasteiger partial charge on any atom is -0.491 e. The number of hydrogen-bond donors (Lipinski definition) is 4. The van der Waals surface area contributed by atoms with Crippen LogP contribution >= 0.6 is 0 Å². The first kappa shape index (κ1) is 19.9. The van der Waals surface area contributed by atoms with Gasteiger partial charge in [0, 0.05) is 5.56 Å². The van der Waals surface area contributed by atoms with Gasteiger partial charge in [-0.15, -0.1) is 0 Å². The minimum atomic E-state index is -0.978. The maximum atomic E-state index is 11.8. The lowest BCUT2D eigenvalue weighted by Crippen LogP contribution is -2.31. The van der Waals surface area contributed by atoms with Crippen LogP contribution in [-0.4, -0.2) is 35.5 Å². The topological polar surface area (TPSA) is 135 Å². The van der Waals surface area contributed by atoms with Crippen LogP contribution < -0.4 is 15.4 Å². The largest absolute Gasteiger partial charge is 0.491 e. The van der Waals surface area contributed by atoms with Crippen molar-refractivity contribution in [3.63, 3.8) is 0 Å². The van der Waals surface area contributed by atoms with Gasteiger partial charge >= 0.3 is 5.97 Å². The number of carbonyl (C=O) groups excluding carboxylic acids is 1. The summed E-state index contributed by atoms with van der Waals surface area (Å²) in [5.41, 5.74) is 2.55. The van der Waals surface area contributed by atoms with Crippen LogP contribution in [0.2, 0.25) is 0 Å². The number of nitrogens with zero attached hydrogens (tertiary/aromatic N) is 1. The molecule has 29 heavy (non-hydrogen) atoms. The van der Waals surface area contributed by atoms with Crippen LogP contribution in [0.15, 0.2) is 48.5 Å². The molecule has 0 radical (unpaired) electrons. The van der Waals surface area contributed by atoms with Gasteiger partial charge in [-0.2, -0.15) is 5.26 Å². The Morgan fingerprint density at radius 1 is 1.21 bits per heavy atom. The summed E-state index contributed by atoms with van der Waals surface area (Å²) in [6, 6.07) is 14.5. The summed E-state index contributed by atoms with van der Waals surface area (Å²) >= 11 is 0. The van der Waals surface area contributed by atoms with Gasteiger partial charge in [0.2, 0.25) is 5.91 Å². The van der Waals surface area contributed by atoms with Gasteiger partial charge in [0.1, 0.15) is 18.2 Å². The molecule has 0 aromatic heterocycles. The molecule has 8 nitrogen and oxygen atoms in total. The molecular weight excluding hydrogens is 372 g/mol. The van der Waals surface area contributed by atoms with Crippen molar-refractivity contribution in [2.75, 3.05) is 6.61 Å². The van der Waals surface area contributed by atoms with Crippen LogP contribution in [0.25, 0.3) is 11.1 Å². The molecule has 0 saturated carbocycles. The molecule has 0 unspecified atom stereocenters. The lowest BCUT2D eigenvalue weighted by Gasteiger charge is -2.12. The van der Waals surface area contributed by atoms with Crippen molar-refractivity contribution in [2.24, 2.45) is 5.92 Å². The number of aliphatic carboxylic acids is 1. The van der Waals surface area contributed by atoms with Crippen molar-refractivity contribution < 1.29 is 19.4 Å². The van der Waals surface area contributed by atoms with Crippen molar-refractivity contribution in [3.05, 3.63) is 54.1 Å². The van der Waals surface area contributed by atoms with E-state index >= 15 is 0 Å². The zero-order chi connectivity index (χ0) is 20.8. The van der Waals surface area contributed by atoms with Gasteiger partial charge in [-0.25, -0.2) is 0 Å². The smallest absolute Gasteiger partial charge is 0.304 e. The minimum absolute atomic E-state index is 0.0485. The fourth-order valence-electron chi connectivity index (χ4n) is 3.22. The van der Waals surface area contributed by atoms with Crippen molar-refractivity contribution >= 4 is 17.7 Å². The predicted molar refractivity (Wildman–Crippen MR) is 105 cm³/mol. The van der Waals surface area contributed by atoms with Crippen molar-refractivity contribution in [2.45, 2.75) is 18.9 Å². The van der Waals surface area contributed by atoms with Crippen LogP contribution in [-0.2, 0) is 9.59 Å². The number of hydrogen-bond acceptors (Lipinski definition) is 5. The number of amides is 1. The first-order valence-corrected chi connectivity index (χ1v) is 9.05. The van der Waals surface area contributed by atoms with Crippen LogP contribution in [0.3, 0.4) is 0 Å². The summed E-state index contributed by atoms with van der Waals surface area (Å²) in [5.74, 6) is -1.02. The van der Waals surface area contributed by atoms with Gasteiger partial charge < -0.3 is 15.2 Å². The molecule has 1 amide bonds. The second-order valence-electron chi connectivity index (χ2n) is 6.76. The summed E-state index contributed by atoms with van der Waals surface area (Å²) in [6.45, 7) is 0.282. The van der Waals surface area contributed by atoms with E-state index in [-0.39, 0.29) is 30.8 Å². The lowest BCUT2D eigenvalue weighted by atomic mass is 10.0. The van der Waals surface area contributed by atoms with Gasteiger partial charge in [0.15, 0.2) is 6.19 Å². The molecule has 1 heterocycles. The fourth-order valence-corrected chi connectivity index (χ4v) is 3.22. The zero-order valence-electron chi connectivity index (χ0n) is 15.5. The number of ether oxygens (including phenoxy) is 1. The SMILES string of the molecule is N#CNC(=N)c1ccc(-c2ccc(OC[C@@H]3C[C@@H](CC(=O)O)C(=O)N3)cc2)cc1. The summed E-state index contributed by atoms with van der Waals surface area (Å²) in [5, 5.41) is 30.2. The highest BCUT2D eigenvalue weighted by Gasteiger charge is 2.33. The molecule has 8 heteroatoms. The highest BCUT2D eigenvalue weighted by molar-refractivity contribution is 5.97. The summed E-state index contributed by atoms with van der Waals surface area (Å²) in [6.07, 6.45) is 2.01. The molecule has 2 aromatic carbocycles. The average molecular weight is 392 g/mol. The standard InChI is InChI=1S/C21H20N4O4/c22-12-24-20(23)15-3-1-13(2-4-15)14-5-7-18(8-6-14)29-11-17-9-16(10-19(26)27)21(28)25-17/h1-8,16-17H,9-11H2,(H2,23,24)(H,25,28)(H,26,27)/t16-,17-/m0/s1. The molecule has 148 valence electrons. The Balaban J connectivity index is 1.55. The predicted octanol–water partition coefficient (Wildman–Crippen LogP) is 2.11. The Hall–Kier alpha value is -3.86. The number of rotatable bonds is 7. The quantitative estimate of drug-likeness (QED) is 0.247. The molecule has 0 bridgehead atoms. The third kappa shape index (κ3) is 5.11. The lowest BCUT2D eigenvalue weighted by molar-refractivity contribution is -0.140. The van der Waals surface area contributed by atoms with E-state index in [1.54, 1.807) is 18.3 Å². The number of carboxylic acid groups (broad SMARTS) is 1. The molecule has 1 aliphatic rings. The first-order valence-electron chi connectivity index (χ1n) is 9.05. The zero-order valence-corrected chi connectivity index (χ0v) is 15.5. The van der Waals surface area contributed by atoms with E-state index < -0.39 is 11.9 Å². The van der Waals surface area contributed by atoms with E-state index in [4.69, 9.17) is 20.5 Å². The van der Waals surface area contributed by atoms with Gasteiger partial charge in [-0.3, -0.25) is 20.3 Å². The van der Waals surface area contributed by atoms with Crippen molar-refractivity contribution in [3.8, 4) is 23.1 Å². The van der Waals surface area contributed by atoms with E-state index in [1.165, 1.54) is 0 Å². The van der Waals surface area contributed by atoms with E-state index in [1.807, 2.05) is 36.4 Å². The number of amidine groups is 1. The van der Waals surface area contributed by atoms with Gasteiger partial charge in [0.05, 0.1) is 18.4 Å². The molecule has 3 rings (SSSR count). The summed E-state index contributed by atoms with van der Waals surface area (Å²) in [4.78, 5) is 22.6. The molecule has 1 saturated heterocycles. The maximum absolute atomic E-state index is 11.8. The van der Waals surface area contributed by atoms with E-state index in [0.29, 0.717) is 17.7 Å². The first-order chi connectivity index (χ1) is 14.0. The second kappa shape index (κ2) is 8.89. The summed E-state index contributed by atoms with van der Waals surface area (Å²) < 4.78 is 5.73. The molecule has 0 aliphatic carbocycles.